The van der Waals surface area contributed by atoms with E-state index in [-0.39, 0.29) is 16.5 Å². The molecule has 1 rings (SSSR count). The monoisotopic (exact) mass is 316 g/mol. The lowest BCUT2D eigenvalue weighted by molar-refractivity contribution is -0.142. The number of hydrogen-bond donors (Lipinski definition) is 1. The summed E-state index contributed by atoms with van der Waals surface area (Å²) in [5.41, 5.74) is 0.946. The zero-order valence-electron chi connectivity index (χ0n) is 10.8. The van der Waals surface area contributed by atoms with Crippen molar-refractivity contribution in [2.45, 2.75) is 56.7 Å². The fourth-order valence-electron chi connectivity index (χ4n) is 2.29. The fraction of sp³-hybridized carbons (Fsp3) is 0.714. The highest BCUT2D eigenvalue weighted by atomic mass is 79.9. The van der Waals surface area contributed by atoms with Crippen LogP contribution < -0.4 is 0 Å². The first-order valence-electron chi connectivity index (χ1n) is 6.65. The normalized spacial score (nSPS) is 20.9. The lowest BCUT2D eigenvalue weighted by atomic mass is 9.97. The molecule has 0 amide bonds. The molecule has 2 unspecified atom stereocenters. The molecule has 0 aromatic heterocycles. The number of carbonyl (C=O) groups is 2. The molecule has 1 aliphatic carbocycles. The molecule has 0 aromatic carbocycles. The van der Waals surface area contributed by atoms with E-state index >= 15 is 0 Å². The summed E-state index contributed by atoms with van der Waals surface area (Å²) in [7, 11) is 0. The van der Waals surface area contributed by atoms with Gasteiger partial charge in [0.15, 0.2) is 5.78 Å². The number of carboxylic acids is 1. The Balaban J connectivity index is 2.14. The van der Waals surface area contributed by atoms with Crippen LogP contribution >= 0.6 is 15.9 Å². The average Bonchev–Trinajstić information content (AvgIpc) is 2.62. The van der Waals surface area contributed by atoms with Crippen LogP contribution in [0.2, 0.25) is 0 Å². The van der Waals surface area contributed by atoms with Gasteiger partial charge >= 0.3 is 5.97 Å². The first-order chi connectivity index (χ1) is 8.54. The van der Waals surface area contributed by atoms with Gasteiger partial charge in [-0.25, -0.2) is 0 Å². The van der Waals surface area contributed by atoms with Crippen molar-refractivity contribution in [3.63, 3.8) is 0 Å². The van der Waals surface area contributed by atoms with Crippen LogP contribution in [-0.2, 0) is 9.59 Å². The van der Waals surface area contributed by atoms with Gasteiger partial charge in [-0.05, 0) is 31.3 Å². The van der Waals surface area contributed by atoms with E-state index in [1.165, 1.54) is 0 Å². The van der Waals surface area contributed by atoms with E-state index in [2.05, 4.69) is 15.9 Å². The summed E-state index contributed by atoms with van der Waals surface area (Å²) in [6.45, 7) is 1.91. The van der Waals surface area contributed by atoms with Crippen molar-refractivity contribution in [1.82, 2.24) is 0 Å². The van der Waals surface area contributed by atoms with Gasteiger partial charge in [-0.1, -0.05) is 41.8 Å². The van der Waals surface area contributed by atoms with Crippen molar-refractivity contribution in [3.05, 3.63) is 11.6 Å². The summed E-state index contributed by atoms with van der Waals surface area (Å²) in [6, 6.07) is 0. The highest BCUT2D eigenvalue weighted by Gasteiger charge is 2.21. The van der Waals surface area contributed by atoms with Crippen LogP contribution in [0.4, 0.5) is 0 Å². The third-order valence-electron chi connectivity index (χ3n) is 3.46. The quantitative estimate of drug-likeness (QED) is 0.548. The Morgan fingerprint density at radius 1 is 1.50 bits per heavy atom. The number of rotatable bonds is 8. The summed E-state index contributed by atoms with van der Waals surface area (Å²) >= 11 is 3.42. The van der Waals surface area contributed by atoms with E-state index in [9.17, 15) is 9.59 Å². The number of aliphatic carboxylic acids is 1. The number of hydrogen-bond acceptors (Lipinski definition) is 2. The number of allylic oxidation sites excluding steroid dienone is 2. The van der Waals surface area contributed by atoms with Crippen LogP contribution in [0.15, 0.2) is 11.6 Å². The van der Waals surface area contributed by atoms with Crippen LogP contribution in [0.25, 0.3) is 0 Å². The molecule has 102 valence electrons. The summed E-state index contributed by atoms with van der Waals surface area (Å²) < 4.78 is 0. The van der Waals surface area contributed by atoms with Gasteiger partial charge in [-0.3, -0.25) is 9.59 Å². The summed E-state index contributed by atoms with van der Waals surface area (Å²) in [4.78, 5) is 22.6. The molecule has 0 spiro atoms. The zero-order chi connectivity index (χ0) is 13.5. The molecule has 0 saturated heterocycles. The molecule has 3 nitrogen and oxygen atoms in total. The predicted molar refractivity (Wildman–Crippen MR) is 74.9 cm³/mol. The van der Waals surface area contributed by atoms with Crippen LogP contribution in [0.5, 0.6) is 0 Å². The molecule has 18 heavy (non-hydrogen) atoms. The van der Waals surface area contributed by atoms with Gasteiger partial charge in [0.25, 0.3) is 0 Å². The van der Waals surface area contributed by atoms with Crippen molar-refractivity contribution in [3.8, 4) is 0 Å². The second-order valence-electron chi connectivity index (χ2n) is 4.88. The minimum atomic E-state index is -0.687. The van der Waals surface area contributed by atoms with Gasteiger partial charge in [0.2, 0.25) is 0 Å². The third-order valence-corrected chi connectivity index (χ3v) is 4.05. The predicted octanol–water partition coefficient (Wildman–Crippen LogP) is 3.71. The summed E-state index contributed by atoms with van der Waals surface area (Å²) in [6.07, 6.45) is 7.80. The van der Waals surface area contributed by atoms with Crippen molar-refractivity contribution < 1.29 is 14.7 Å². The number of ketones is 1. The standard InChI is InChI=1S/C14H21BrO3/c1-2-10(14(17)18)6-4-3-5-7-11-8-12(15)9-13(11)16/h8,10,12H,2-7,9H2,1H3,(H,17,18). The molecule has 2 atom stereocenters. The molecule has 0 heterocycles. The summed E-state index contributed by atoms with van der Waals surface area (Å²) in [5.74, 6) is -0.633. The lowest BCUT2D eigenvalue weighted by Gasteiger charge is -2.08. The number of unbranched alkanes of at least 4 members (excludes halogenated alkanes) is 2. The topological polar surface area (TPSA) is 54.4 Å². The molecule has 0 aliphatic heterocycles. The van der Waals surface area contributed by atoms with Crippen molar-refractivity contribution >= 4 is 27.7 Å². The van der Waals surface area contributed by atoms with E-state index in [0.717, 1.165) is 37.7 Å². The van der Waals surface area contributed by atoms with E-state index in [0.29, 0.717) is 12.8 Å². The molecule has 0 saturated carbocycles. The van der Waals surface area contributed by atoms with Crippen molar-refractivity contribution in [1.29, 1.82) is 0 Å². The van der Waals surface area contributed by atoms with Gasteiger partial charge < -0.3 is 5.11 Å². The first kappa shape index (κ1) is 15.4. The van der Waals surface area contributed by atoms with Crippen LogP contribution in [0.3, 0.4) is 0 Å². The van der Waals surface area contributed by atoms with Gasteiger partial charge in [-0.2, -0.15) is 0 Å². The van der Waals surface area contributed by atoms with Crippen LogP contribution in [-0.4, -0.2) is 21.7 Å². The Bertz CT molecular complexity index is 336. The molecule has 0 bridgehead atoms. The van der Waals surface area contributed by atoms with Gasteiger partial charge in [0.05, 0.1) is 5.92 Å². The molecule has 4 heteroatoms. The minimum absolute atomic E-state index is 0.204. The van der Waals surface area contributed by atoms with E-state index in [1.807, 2.05) is 13.0 Å². The Morgan fingerprint density at radius 3 is 2.72 bits per heavy atom. The van der Waals surface area contributed by atoms with E-state index in [4.69, 9.17) is 5.11 Å². The highest BCUT2D eigenvalue weighted by molar-refractivity contribution is 9.09. The smallest absolute Gasteiger partial charge is 0.306 e. The van der Waals surface area contributed by atoms with Crippen LogP contribution in [0.1, 0.15) is 51.9 Å². The van der Waals surface area contributed by atoms with Crippen molar-refractivity contribution in [2.75, 3.05) is 0 Å². The first-order valence-corrected chi connectivity index (χ1v) is 7.57. The molecular formula is C14H21BrO3. The maximum absolute atomic E-state index is 11.5. The largest absolute Gasteiger partial charge is 0.481 e. The zero-order valence-corrected chi connectivity index (χ0v) is 12.4. The van der Waals surface area contributed by atoms with E-state index in [1.54, 1.807) is 0 Å². The Morgan fingerprint density at radius 2 is 2.22 bits per heavy atom. The number of carbonyl (C=O) groups excluding carboxylic acids is 1. The molecule has 1 aliphatic rings. The third kappa shape index (κ3) is 4.92. The second kappa shape index (κ2) is 7.72. The number of Topliss-reactive ketones (excluding diaryl/α,β-unsaturated/α-hetero) is 1. The fourth-order valence-corrected chi connectivity index (χ4v) is 2.90. The maximum atomic E-state index is 11.5. The number of alkyl halides is 1. The highest BCUT2D eigenvalue weighted by Crippen LogP contribution is 2.25. The van der Waals surface area contributed by atoms with Crippen molar-refractivity contribution in [2.24, 2.45) is 5.92 Å². The average molecular weight is 317 g/mol. The SMILES string of the molecule is CCC(CCCCCC1=CC(Br)CC1=O)C(=O)O. The van der Waals surface area contributed by atoms with Gasteiger partial charge in [0.1, 0.15) is 0 Å². The second-order valence-corrected chi connectivity index (χ2v) is 6.05. The molecule has 0 aromatic rings. The minimum Gasteiger partial charge on any atom is -0.481 e. The summed E-state index contributed by atoms with van der Waals surface area (Å²) in [5, 5.41) is 8.91. The molecule has 0 radical (unpaired) electrons. The van der Waals surface area contributed by atoms with Gasteiger partial charge in [-0.15, -0.1) is 0 Å². The Hall–Kier alpha value is -0.640. The number of carboxylic acid groups (broad SMARTS) is 1. The number of halogens is 1. The molecule has 1 N–H and O–H groups in total. The molecule has 0 fully saturated rings. The Labute approximate surface area is 117 Å². The van der Waals surface area contributed by atoms with Gasteiger partial charge in [0, 0.05) is 11.2 Å². The van der Waals surface area contributed by atoms with Crippen LogP contribution in [0, 0.1) is 5.92 Å². The Kier molecular flexibility index (Phi) is 6.61. The lowest BCUT2D eigenvalue weighted by Crippen LogP contribution is -2.12. The molecular weight excluding hydrogens is 296 g/mol. The maximum Gasteiger partial charge on any atom is 0.306 e. The van der Waals surface area contributed by atoms with E-state index < -0.39 is 5.97 Å².